The van der Waals surface area contributed by atoms with Crippen molar-refractivity contribution in [2.45, 2.75) is 33.2 Å². The fraction of sp³-hybridized carbons (Fsp3) is 0.385. The minimum absolute atomic E-state index is 0.223. The van der Waals surface area contributed by atoms with Crippen molar-refractivity contribution >= 4 is 6.01 Å². The van der Waals surface area contributed by atoms with Crippen molar-refractivity contribution in [3.05, 3.63) is 41.0 Å². The molecule has 0 saturated heterocycles. The molecule has 0 bridgehead atoms. The van der Waals surface area contributed by atoms with Gasteiger partial charge in [0, 0.05) is 13.0 Å². The average Bonchev–Trinajstić information content (AvgIpc) is 2.76. The molecule has 5 heteroatoms. The Labute approximate surface area is 105 Å². The summed E-state index contributed by atoms with van der Waals surface area (Å²) < 4.78 is 18.3. The first-order valence-corrected chi connectivity index (χ1v) is 6.00. The van der Waals surface area contributed by atoms with E-state index < -0.39 is 0 Å². The predicted molar refractivity (Wildman–Crippen MR) is 66.8 cm³/mol. The fourth-order valence-electron chi connectivity index (χ4n) is 1.67. The normalized spacial score (nSPS) is 10.6. The number of hydrogen-bond donors (Lipinski definition) is 1. The first kappa shape index (κ1) is 12.5. The number of aromatic nitrogens is 2. The van der Waals surface area contributed by atoms with Crippen molar-refractivity contribution in [1.29, 1.82) is 0 Å². The smallest absolute Gasteiger partial charge is 0.315 e. The molecule has 0 aliphatic carbocycles. The van der Waals surface area contributed by atoms with Gasteiger partial charge in [0.25, 0.3) is 0 Å². The van der Waals surface area contributed by atoms with E-state index in [1.807, 2.05) is 6.92 Å². The lowest BCUT2D eigenvalue weighted by Gasteiger charge is -2.05. The standard InChI is InChI=1S/C13H16FN3O/c1-3-4-12-16-17-13(18-12)15-8-10-5-6-11(14)7-9(10)2/h5-7H,3-4,8H2,1-2H3,(H,15,17). The molecule has 0 saturated carbocycles. The van der Waals surface area contributed by atoms with Gasteiger partial charge in [-0.15, -0.1) is 5.10 Å². The quantitative estimate of drug-likeness (QED) is 0.884. The zero-order valence-corrected chi connectivity index (χ0v) is 10.5. The maximum absolute atomic E-state index is 12.9. The van der Waals surface area contributed by atoms with Gasteiger partial charge in [0.1, 0.15) is 5.82 Å². The van der Waals surface area contributed by atoms with Crippen LogP contribution < -0.4 is 5.32 Å². The molecule has 0 aliphatic rings. The summed E-state index contributed by atoms with van der Waals surface area (Å²) >= 11 is 0. The Kier molecular flexibility index (Phi) is 3.92. The Bertz CT molecular complexity index is 525. The zero-order valence-electron chi connectivity index (χ0n) is 10.5. The van der Waals surface area contributed by atoms with Gasteiger partial charge >= 0.3 is 6.01 Å². The highest BCUT2D eigenvalue weighted by Crippen LogP contribution is 2.13. The van der Waals surface area contributed by atoms with Crippen LogP contribution in [0.25, 0.3) is 0 Å². The summed E-state index contributed by atoms with van der Waals surface area (Å²) in [6, 6.07) is 5.11. The third-order valence-corrected chi connectivity index (χ3v) is 2.67. The number of rotatable bonds is 5. The Hall–Kier alpha value is -1.91. The van der Waals surface area contributed by atoms with Gasteiger partial charge in [-0.3, -0.25) is 0 Å². The zero-order chi connectivity index (χ0) is 13.0. The summed E-state index contributed by atoms with van der Waals surface area (Å²) in [6.07, 6.45) is 1.75. The Morgan fingerprint density at radius 1 is 1.33 bits per heavy atom. The number of halogens is 1. The SMILES string of the molecule is CCCc1nnc(NCc2ccc(F)cc2C)o1. The number of nitrogens with zero attached hydrogens (tertiary/aromatic N) is 2. The third kappa shape index (κ3) is 3.06. The minimum atomic E-state index is -0.223. The van der Waals surface area contributed by atoms with Crippen LogP contribution in [0.5, 0.6) is 0 Å². The van der Waals surface area contributed by atoms with Gasteiger partial charge in [0.15, 0.2) is 0 Å². The number of hydrogen-bond acceptors (Lipinski definition) is 4. The molecular formula is C13H16FN3O. The molecule has 96 valence electrons. The number of anilines is 1. The molecule has 18 heavy (non-hydrogen) atoms. The second kappa shape index (κ2) is 5.62. The molecule has 0 atom stereocenters. The highest BCUT2D eigenvalue weighted by Gasteiger charge is 2.05. The monoisotopic (exact) mass is 249 g/mol. The Morgan fingerprint density at radius 3 is 2.89 bits per heavy atom. The number of benzene rings is 1. The fourth-order valence-corrected chi connectivity index (χ4v) is 1.67. The molecule has 2 aromatic rings. The lowest BCUT2D eigenvalue weighted by Crippen LogP contribution is -2.01. The van der Waals surface area contributed by atoms with Crippen LogP contribution in [0.2, 0.25) is 0 Å². The minimum Gasteiger partial charge on any atom is -0.408 e. The van der Waals surface area contributed by atoms with E-state index in [0.29, 0.717) is 18.5 Å². The molecule has 0 fully saturated rings. The summed E-state index contributed by atoms with van der Waals surface area (Å²) in [5.74, 6) is 0.412. The summed E-state index contributed by atoms with van der Waals surface area (Å²) in [4.78, 5) is 0. The summed E-state index contributed by atoms with van der Waals surface area (Å²) in [5, 5.41) is 10.8. The van der Waals surface area contributed by atoms with Crippen LogP contribution in [-0.4, -0.2) is 10.2 Å². The van der Waals surface area contributed by atoms with E-state index in [1.165, 1.54) is 12.1 Å². The van der Waals surface area contributed by atoms with Crippen molar-refractivity contribution in [1.82, 2.24) is 10.2 Å². The van der Waals surface area contributed by atoms with Crippen molar-refractivity contribution in [2.24, 2.45) is 0 Å². The van der Waals surface area contributed by atoms with Crippen LogP contribution in [0.1, 0.15) is 30.4 Å². The average molecular weight is 249 g/mol. The van der Waals surface area contributed by atoms with E-state index in [0.717, 1.165) is 24.0 Å². The molecule has 1 aromatic carbocycles. The molecule has 1 N–H and O–H groups in total. The molecule has 0 amide bonds. The maximum Gasteiger partial charge on any atom is 0.315 e. The van der Waals surface area contributed by atoms with Gasteiger partial charge in [-0.2, -0.15) is 0 Å². The van der Waals surface area contributed by atoms with E-state index in [-0.39, 0.29) is 5.82 Å². The highest BCUT2D eigenvalue weighted by molar-refractivity contribution is 5.30. The largest absolute Gasteiger partial charge is 0.408 e. The molecule has 2 rings (SSSR count). The van der Waals surface area contributed by atoms with Crippen LogP contribution in [0.4, 0.5) is 10.4 Å². The van der Waals surface area contributed by atoms with Crippen LogP contribution in [0.15, 0.2) is 22.6 Å². The molecule has 0 spiro atoms. The Balaban J connectivity index is 1.97. The first-order valence-electron chi connectivity index (χ1n) is 6.00. The van der Waals surface area contributed by atoms with Crippen LogP contribution in [-0.2, 0) is 13.0 Å². The molecule has 0 unspecified atom stereocenters. The third-order valence-electron chi connectivity index (χ3n) is 2.67. The second-order valence-electron chi connectivity index (χ2n) is 4.18. The van der Waals surface area contributed by atoms with Gasteiger partial charge in [0.2, 0.25) is 5.89 Å². The molecule has 0 aliphatic heterocycles. The molecule has 1 aromatic heterocycles. The van der Waals surface area contributed by atoms with Crippen LogP contribution >= 0.6 is 0 Å². The first-order chi connectivity index (χ1) is 8.69. The summed E-state index contributed by atoms with van der Waals surface area (Å²) in [5.41, 5.74) is 1.91. The lowest BCUT2D eigenvalue weighted by molar-refractivity contribution is 0.501. The van der Waals surface area contributed by atoms with Crippen LogP contribution in [0.3, 0.4) is 0 Å². The van der Waals surface area contributed by atoms with Gasteiger partial charge in [-0.1, -0.05) is 18.1 Å². The predicted octanol–water partition coefficient (Wildman–Crippen LogP) is 3.08. The van der Waals surface area contributed by atoms with Crippen molar-refractivity contribution < 1.29 is 8.81 Å². The van der Waals surface area contributed by atoms with Gasteiger partial charge in [0.05, 0.1) is 0 Å². The highest BCUT2D eigenvalue weighted by atomic mass is 19.1. The molecule has 4 nitrogen and oxygen atoms in total. The van der Waals surface area contributed by atoms with E-state index in [9.17, 15) is 4.39 Å². The second-order valence-corrected chi connectivity index (χ2v) is 4.18. The van der Waals surface area contributed by atoms with E-state index in [4.69, 9.17) is 4.42 Å². The van der Waals surface area contributed by atoms with Gasteiger partial charge < -0.3 is 9.73 Å². The lowest BCUT2D eigenvalue weighted by atomic mass is 10.1. The van der Waals surface area contributed by atoms with Crippen molar-refractivity contribution in [2.75, 3.05) is 5.32 Å². The van der Waals surface area contributed by atoms with Crippen molar-refractivity contribution in [3.8, 4) is 0 Å². The van der Waals surface area contributed by atoms with Gasteiger partial charge in [-0.25, -0.2) is 4.39 Å². The van der Waals surface area contributed by atoms with Crippen molar-refractivity contribution in [3.63, 3.8) is 0 Å². The van der Waals surface area contributed by atoms with Gasteiger partial charge in [-0.05, 0) is 36.6 Å². The van der Waals surface area contributed by atoms with E-state index in [2.05, 4.69) is 22.4 Å². The number of aryl methyl sites for hydroxylation is 2. The Morgan fingerprint density at radius 2 is 2.17 bits per heavy atom. The van der Waals surface area contributed by atoms with Crippen LogP contribution in [0, 0.1) is 12.7 Å². The maximum atomic E-state index is 12.9. The number of nitrogens with one attached hydrogen (secondary N) is 1. The topological polar surface area (TPSA) is 51.0 Å². The summed E-state index contributed by atoms with van der Waals surface area (Å²) in [6.45, 7) is 4.47. The van der Waals surface area contributed by atoms with E-state index in [1.54, 1.807) is 6.07 Å². The molecule has 1 heterocycles. The molecule has 0 radical (unpaired) electrons. The molecular weight excluding hydrogens is 233 g/mol. The van der Waals surface area contributed by atoms with E-state index >= 15 is 0 Å². The summed E-state index contributed by atoms with van der Waals surface area (Å²) in [7, 11) is 0.